The van der Waals surface area contributed by atoms with Crippen LogP contribution in [0.2, 0.25) is 0 Å². The average Bonchev–Trinajstić information content (AvgIpc) is 2.61. The average molecular weight is 357 g/mol. The lowest BCUT2D eigenvalue weighted by molar-refractivity contribution is -0.137. The Morgan fingerprint density at radius 2 is 1.92 bits per heavy atom. The van der Waals surface area contributed by atoms with Crippen LogP contribution in [0.4, 0.5) is 0 Å². The van der Waals surface area contributed by atoms with Crippen molar-refractivity contribution < 1.29 is 19.4 Å². The summed E-state index contributed by atoms with van der Waals surface area (Å²) in [4.78, 5) is 21.7. The number of benzene rings is 2. The number of aryl methyl sites for hydroxylation is 1. The van der Waals surface area contributed by atoms with Gasteiger partial charge in [-0.05, 0) is 53.6 Å². The van der Waals surface area contributed by atoms with Crippen LogP contribution in [0.3, 0.4) is 0 Å². The van der Waals surface area contributed by atoms with E-state index in [1.54, 1.807) is 0 Å². The highest BCUT2D eigenvalue weighted by atomic mass is 16.5. The number of hydrogen-bond acceptors (Lipinski definition) is 3. The first-order valence-electron chi connectivity index (χ1n) is 8.99. The third kappa shape index (κ3) is 5.85. The number of primary amides is 1. The van der Waals surface area contributed by atoms with Gasteiger partial charge in [-0.25, -0.2) is 0 Å². The highest BCUT2D eigenvalue weighted by Crippen LogP contribution is 2.23. The standard InChI is InChI=1S/C21H27NO4/c1-14(6-10-20(22)23)15(2)26-13-16-7-9-19-17(8-11-21(24)25)4-3-5-18(19)12-16/h3-5,7,9,12,14-15H,6,8,10-11,13H2,1-2H3,(H2,22,23)(H,24,25)/t14-,15+/m0/s1. The van der Waals surface area contributed by atoms with E-state index in [1.165, 1.54) is 0 Å². The summed E-state index contributed by atoms with van der Waals surface area (Å²) < 4.78 is 5.95. The molecule has 0 aliphatic rings. The Bertz CT molecular complexity index is 772. The molecule has 0 aliphatic heterocycles. The van der Waals surface area contributed by atoms with E-state index in [2.05, 4.69) is 13.0 Å². The molecule has 140 valence electrons. The van der Waals surface area contributed by atoms with Crippen molar-refractivity contribution in [2.45, 2.75) is 52.2 Å². The van der Waals surface area contributed by atoms with Crippen molar-refractivity contribution >= 4 is 22.6 Å². The van der Waals surface area contributed by atoms with E-state index < -0.39 is 5.97 Å². The van der Waals surface area contributed by atoms with Gasteiger partial charge in [0.25, 0.3) is 0 Å². The van der Waals surface area contributed by atoms with E-state index in [0.29, 0.717) is 19.4 Å². The van der Waals surface area contributed by atoms with Gasteiger partial charge in [-0.3, -0.25) is 9.59 Å². The molecule has 2 aromatic carbocycles. The quantitative estimate of drug-likeness (QED) is 0.679. The molecule has 2 atom stereocenters. The first-order chi connectivity index (χ1) is 12.4. The Morgan fingerprint density at radius 1 is 1.15 bits per heavy atom. The highest BCUT2D eigenvalue weighted by Gasteiger charge is 2.14. The van der Waals surface area contributed by atoms with Gasteiger partial charge >= 0.3 is 5.97 Å². The number of nitrogens with two attached hydrogens (primary N) is 1. The normalized spacial score (nSPS) is 13.5. The third-order valence-corrected chi connectivity index (χ3v) is 4.80. The van der Waals surface area contributed by atoms with Crippen LogP contribution in [0.5, 0.6) is 0 Å². The second-order valence-electron chi connectivity index (χ2n) is 6.86. The largest absolute Gasteiger partial charge is 0.481 e. The number of amides is 1. The Hall–Kier alpha value is -2.40. The molecular weight excluding hydrogens is 330 g/mol. The Morgan fingerprint density at radius 3 is 2.62 bits per heavy atom. The molecule has 2 rings (SSSR count). The minimum absolute atomic E-state index is 0.0342. The number of carboxylic acid groups (broad SMARTS) is 1. The van der Waals surface area contributed by atoms with Gasteiger partial charge in [0.1, 0.15) is 0 Å². The summed E-state index contributed by atoms with van der Waals surface area (Å²) in [5.74, 6) is -0.811. The van der Waals surface area contributed by atoms with Crippen molar-refractivity contribution in [2.24, 2.45) is 11.7 Å². The fourth-order valence-corrected chi connectivity index (χ4v) is 2.95. The monoisotopic (exact) mass is 357 g/mol. The Kier molecular flexibility index (Phi) is 7.16. The number of ether oxygens (including phenoxy) is 1. The van der Waals surface area contributed by atoms with Gasteiger partial charge in [0, 0.05) is 12.8 Å². The van der Waals surface area contributed by atoms with Crippen molar-refractivity contribution in [2.75, 3.05) is 0 Å². The molecule has 2 aromatic rings. The highest BCUT2D eigenvalue weighted by molar-refractivity contribution is 5.86. The van der Waals surface area contributed by atoms with Gasteiger partial charge in [-0.1, -0.05) is 37.3 Å². The minimum Gasteiger partial charge on any atom is -0.481 e. The van der Waals surface area contributed by atoms with Crippen LogP contribution >= 0.6 is 0 Å². The lowest BCUT2D eigenvalue weighted by Crippen LogP contribution is -2.20. The molecule has 3 N–H and O–H groups in total. The summed E-state index contributed by atoms with van der Waals surface area (Å²) in [5, 5.41) is 11.1. The van der Waals surface area contributed by atoms with E-state index in [0.717, 1.165) is 28.3 Å². The predicted molar refractivity (Wildman–Crippen MR) is 102 cm³/mol. The van der Waals surface area contributed by atoms with Crippen molar-refractivity contribution in [1.29, 1.82) is 0 Å². The number of carboxylic acids is 1. The SMILES string of the molecule is C[C@@H](CCC(N)=O)[C@@H](C)OCc1ccc2c(CCC(=O)O)cccc2c1. The van der Waals surface area contributed by atoms with Gasteiger partial charge in [0.2, 0.25) is 5.91 Å². The minimum atomic E-state index is -0.786. The summed E-state index contributed by atoms with van der Waals surface area (Å²) in [5.41, 5.74) is 7.31. The number of aliphatic carboxylic acids is 1. The van der Waals surface area contributed by atoms with Gasteiger partial charge in [0.15, 0.2) is 0 Å². The fraction of sp³-hybridized carbons (Fsp3) is 0.429. The molecule has 0 radical (unpaired) electrons. The van der Waals surface area contributed by atoms with Crippen molar-refractivity contribution in [3.8, 4) is 0 Å². The molecule has 0 bridgehead atoms. The molecule has 26 heavy (non-hydrogen) atoms. The molecule has 0 heterocycles. The van der Waals surface area contributed by atoms with Gasteiger partial charge in [0.05, 0.1) is 12.7 Å². The number of hydrogen-bond donors (Lipinski definition) is 2. The maximum Gasteiger partial charge on any atom is 0.303 e. The maximum absolute atomic E-state index is 10.9. The number of fused-ring (bicyclic) bond motifs is 1. The second-order valence-corrected chi connectivity index (χ2v) is 6.86. The number of carbonyl (C=O) groups is 2. The lowest BCUT2D eigenvalue weighted by Gasteiger charge is -2.20. The zero-order chi connectivity index (χ0) is 19.1. The van der Waals surface area contributed by atoms with E-state index >= 15 is 0 Å². The maximum atomic E-state index is 10.9. The Balaban J connectivity index is 2.00. The first-order valence-corrected chi connectivity index (χ1v) is 8.99. The van der Waals surface area contributed by atoms with Crippen LogP contribution < -0.4 is 5.73 Å². The third-order valence-electron chi connectivity index (χ3n) is 4.80. The number of carbonyl (C=O) groups excluding carboxylic acids is 1. The van der Waals surface area contributed by atoms with E-state index in [1.807, 2.05) is 37.3 Å². The Labute approximate surface area is 154 Å². The molecule has 0 unspecified atom stereocenters. The van der Waals surface area contributed by atoms with Crippen molar-refractivity contribution in [3.63, 3.8) is 0 Å². The summed E-state index contributed by atoms with van der Waals surface area (Å²) >= 11 is 0. The molecule has 0 spiro atoms. The van der Waals surface area contributed by atoms with Crippen LogP contribution in [0.1, 0.15) is 44.2 Å². The lowest BCUT2D eigenvalue weighted by atomic mass is 9.98. The topological polar surface area (TPSA) is 89.6 Å². The van der Waals surface area contributed by atoms with Crippen molar-refractivity contribution in [1.82, 2.24) is 0 Å². The first kappa shape index (κ1) is 19.9. The van der Waals surface area contributed by atoms with Gasteiger partial charge in [-0.2, -0.15) is 0 Å². The van der Waals surface area contributed by atoms with Gasteiger partial charge < -0.3 is 15.6 Å². The summed E-state index contributed by atoms with van der Waals surface area (Å²) in [6, 6.07) is 12.1. The summed E-state index contributed by atoms with van der Waals surface area (Å²) in [6.07, 6.45) is 1.79. The molecule has 0 saturated heterocycles. The van der Waals surface area contributed by atoms with E-state index in [4.69, 9.17) is 15.6 Å². The smallest absolute Gasteiger partial charge is 0.303 e. The van der Waals surface area contributed by atoms with Crippen LogP contribution in [-0.2, 0) is 27.4 Å². The molecule has 0 fully saturated rings. The molecule has 0 saturated carbocycles. The van der Waals surface area contributed by atoms with Gasteiger partial charge in [-0.15, -0.1) is 0 Å². The van der Waals surface area contributed by atoms with E-state index in [9.17, 15) is 9.59 Å². The molecule has 5 heteroatoms. The second kappa shape index (κ2) is 9.34. The molecule has 1 amide bonds. The number of rotatable bonds is 10. The van der Waals surface area contributed by atoms with Crippen LogP contribution in [0.15, 0.2) is 36.4 Å². The van der Waals surface area contributed by atoms with E-state index in [-0.39, 0.29) is 24.3 Å². The predicted octanol–water partition coefficient (Wildman–Crippen LogP) is 3.66. The fourth-order valence-electron chi connectivity index (χ4n) is 2.95. The zero-order valence-corrected chi connectivity index (χ0v) is 15.4. The summed E-state index contributed by atoms with van der Waals surface area (Å²) in [7, 11) is 0. The van der Waals surface area contributed by atoms with Crippen LogP contribution in [0, 0.1) is 5.92 Å². The van der Waals surface area contributed by atoms with Crippen LogP contribution in [0.25, 0.3) is 10.8 Å². The molecule has 0 aromatic heterocycles. The molecule has 0 aliphatic carbocycles. The van der Waals surface area contributed by atoms with Crippen LogP contribution in [-0.4, -0.2) is 23.1 Å². The molecular formula is C21H27NO4. The summed E-state index contributed by atoms with van der Waals surface area (Å²) in [6.45, 7) is 4.57. The zero-order valence-electron chi connectivity index (χ0n) is 15.4. The molecule has 5 nitrogen and oxygen atoms in total. The van der Waals surface area contributed by atoms with Crippen molar-refractivity contribution in [3.05, 3.63) is 47.5 Å².